The van der Waals surface area contributed by atoms with Gasteiger partial charge >= 0.3 is 11.8 Å². The van der Waals surface area contributed by atoms with Crippen molar-refractivity contribution < 1.29 is 9.59 Å². The molecule has 1 aliphatic heterocycles. The molecule has 0 atom stereocenters. The van der Waals surface area contributed by atoms with Crippen LogP contribution in [0.15, 0.2) is 42.5 Å². The van der Waals surface area contributed by atoms with Crippen molar-refractivity contribution in [3.05, 3.63) is 64.7 Å². The number of carbonyl (C=O) groups is 2. The van der Waals surface area contributed by atoms with Gasteiger partial charge in [0, 0.05) is 18.8 Å². The number of anilines is 1. The molecule has 0 spiro atoms. The quantitative estimate of drug-likeness (QED) is 0.824. The minimum Gasteiger partial charge on any atom is -0.330 e. The number of hydrogen-bond donors (Lipinski definition) is 1. The summed E-state index contributed by atoms with van der Waals surface area (Å²) in [5.74, 6) is -1.04. The van der Waals surface area contributed by atoms with Crippen molar-refractivity contribution in [3.8, 4) is 0 Å². The minimum absolute atomic E-state index is 0.470. The Morgan fingerprint density at radius 3 is 2.30 bits per heavy atom. The van der Waals surface area contributed by atoms with Gasteiger partial charge in [-0.1, -0.05) is 42.5 Å². The molecule has 3 rings (SSSR count). The lowest BCUT2D eigenvalue weighted by Gasteiger charge is -2.28. The third kappa shape index (κ3) is 3.11. The van der Waals surface area contributed by atoms with Crippen molar-refractivity contribution in [2.45, 2.75) is 26.8 Å². The lowest BCUT2D eigenvalue weighted by atomic mass is 10.00. The average molecular weight is 308 g/mol. The second kappa shape index (κ2) is 6.24. The van der Waals surface area contributed by atoms with Crippen LogP contribution in [0.2, 0.25) is 0 Å². The van der Waals surface area contributed by atoms with E-state index in [4.69, 9.17) is 0 Å². The molecule has 4 heteroatoms. The molecule has 0 aliphatic carbocycles. The minimum atomic E-state index is -0.568. The summed E-state index contributed by atoms with van der Waals surface area (Å²) in [6, 6.07) is 13.8. The Kier molecular flexibility index (Phi) is 4.15. The molecule has 0 radical (unpaired) electrons. The van der Waals surface area contributed by atoms with Crippen LogP contribution in [0.5, 0.6) is 0 Å². The van der Waals surface area contributed by atoms with Crippen LogP contribution in [0, 0.1) is 13.8 Å². The Morgan fingerprint density at radius 2 is 1.61 bits per heavy atom. The molecular formula is C19H20N2O2. The summed E-state index contributed by atoms with van der Waals surface area (Å²) in [5, 5.41) is 2.77. The van der Waals surface area contributed by atoms with Gasteiger partial charge in [0.15, 0.2) is 0 Å². The number of hydrogen-bond acceptors (Lipinski definition) is 2. The molecule has 2 amide bonds. The number of carbonyl (C=O) groups excluding carboxylic acids is 2. The molecule has 1 heterocycles. The fraction of sp³-hybridized carbons (Fsp3) is 0.263. The van der Waals surface area contributed by atoms with E-state index in [9.17, 15) is 9.59 Å². The molecule has 23 heavy (non-hydrogen) atoms. The van der Waals surface area contributed by atoms with Crippen LogP contribution < -0.4 is 5.32 Å². The average Bonchev–Trinajstić information content (AvgIpc) is 2.57. The van der Waals surface area contributed by atoms with Crippen molar-refractivity contribution >= 4 is 17.5 Å². The Bertz CT molecular complexity index is 747. The number of amides is 2. The van der Waals surface area contributed by atoms with Crippen LogP contribution in [-0.4, -0.2) is 23.3 Å². The highest BCUT2D eigenvalue weighted by molar-refractivity contribution is 6.39. The number of benzene rings is 2. The Morgan fingerprint density at radius 1 is 0.957 bits per heavy atom. The molecular weight excluding hydrogens is 288 g/mol. The standard InChI is InChI=1S/C19H20N2O2/c1-13-6-5-7-14(2)17(13)20-18(22)19(23)21-11-10-15-8-3-4-9-16(15)12-21/h3-9H,10-12H2,1-2H3,(H,20,22). The molecule has 0 aromatic heterocycles. The normalized spacial score (nSPS) is 13.4. The molecule has 0 fully saturated rings. The summed E-state index contributed by atoms with van der Waals surface area (Å²) in [6.07, 6.45) is 0.790. The van der Waals surface area contributed by atoms with Gasteiger partial charge in [-0.25, -0.2) is 0 Å². The maximum Gasteiger partial charge on any atom is 0.313 e. The van der Waals surface area contributed by atoms with Gasteiger partial charge in [0.25, 0.3) is 0 Å². The molecule has 0 saturated heterocycles. The van der Waals surface area contributed by atoms with Crippen LogP contribution in [0.3, 0.4) is 0 Å². The maximum absolute atomic E-state index is 12.4. The summed E-state index contributed by atoms with van der Waals surface area (Å²) in [7, 11) is 0. The predicted molar refractivity (Wildman–Crippen MR) is 90.1 cm³/mol. The van der Waals surface area contributed by atoms with Gasteiger partial charge < -0.3 is 10.2 Å². The van der Waals surface area contributed by atoms with Crippen molar-refractivity contribution in [3.63, 3.8) is 0 Å². The first-order valence-corrected chi connectivity index (χ1v) is 7.79. The summed E-state index contributed by atoms with van der Waals surface area (Å²) < 4.78 is 0. The Balaban J connectivity index is 1.73. The largest absolute Gasteiger partial charge is 0.330 e. The van der Waals surface area contributed by atoms with Crippen molar-refractivity contribution in [2.24, 2.45) is 0 Å². The topological polar surface area (TPSA) is 49.4 Å². The van der Waals surface area contributed by atoms with Gasteiger partial charge in [0.2, 0.25) is 0 Å². The van der Waals surface area contributed by atoms with E-state index in [0.717, 1.165) is 28.8 Å². The number of aryl methyl sites for hydroxylation is 2. The summed E-state index contributed by atoms with van der Waals surface area (Å²) >= 11 is 0. The Labute approximate surface area is 136 Å². The molecule has 1 aliphatic rings. The fourth-order valence-corrected chi connectivity index (χ4v) is 2.99. The van der Waals surface area contributed by atoms with E-state index in [0.29, 0.717) is 13.1 Å². The first-order valence-electron chi connectivity index (χ1n) is 7.79. The molecule has 0 bridgehead atoms. The summed E-state index contributed by atoms with van der Waals surface area (Å²) in [6.45, 7) is 4.92. The zero-order valence-corrected chi connectivity index (χ0v) is 13.4. The molecule has 118 valence electrons. The number of fused-ring (bicyclic) bond motifs is 1. The molecule has 1 N–H and O–H groups in total. The predicted octanol–water partition coefficient (Wildman–Crippen LogP) is 2.83. The van der Waals surface area contributed by atoms with Crippen molar-refractivity contribution in [1.29, 1.82) is 0 Å². The second-order valence-corrected chi connectivity index (χ2v) is 5.97. The second-order valence-electron chi connectivity index (χ2n) is 5.97. The first-order chi connectivity index (χ1) is 11.1. The summed E-state index contributed by atoms with van der Waals surface area (Å²) in [4.78, 5) is 26.4. The van der Waals surface area contributed by atoms with Crippen molar-refractivity contribution in [1.82, 2.24) is 4.90 Å². The summed E-state index contributed by atoms with van der Waals surface area (Å²) in [5.41, 5.74) is 5.01. The number of nitrogens with one attached hydrogen (secondary N) is 1. The highest BCUT2D eigenvalue weighted by atomic mass is 16.2. The van der Waals surface area contributed by atoms with E-state index in [1.807, 2.05) is 50.2 Å². The molecule has 0 unspecified atom stereocenters. The third-order valence-electron chi connectivity index (χ3n) is 4.33. The fourth-order valence-electron chi connectivity index (χ4n) is 2.99. The van der Waals surface area contributed by atoms with Crippen LogP contribution in [-0.2, 0) is 22.6 Å². The number of para-hydroxylation sites is 1. The van der Waals surface area contributed by atoms with Gasteiger partial charge in [0.1, 0.15) is 0 Å². The zero-order chi connectivity index (χ0) is 16.4. The lowest BCUT2D eigenvalue weighted by Crippen LogP contribution is -2.42. The van der Waals surface area contributed by atoms with Gasteiger partial charge in [-0.05, 0) is 42.5 Å². The van der Waals surface area contributed by atoms with Crippen LogP contribution in [0.4, 0.5) is 5.69 Å². The van der Waals surface area contributed by atoms with E-state index >= 15 is 0 Å². The first kappa shape index (κ1) is 15.3. The van der Waals surface area contributed by atoms with Gasteiger partial charge in [0.05, 0.1) is 0 Å². The third-order valence-corrected chi connectivity index (χ3v) is 4.33. The zero-order valence-electron chi connectivity index (χ0n) is 13.4. The highest BCUT2D eigenvalue weighted by Crippen LogP contribution is 2.21. The molecule has 4 nitrogen and oxygen atoms in total. The number of rotatable bonds is 1. The maximum atomic E-state index is 12.4. The van der Waals surface area contributed by atoms with Crippen molar-refractivity contribution in [2.75, 3.05) is 11.9 Å². The van der Waals surface area contributed by atoms with Gasteiger partial charge in [-0.2, -0.15) is 0 Å². The Hall–Kier alpha value is -2.62. The number of nitrogens with zero attached hydrogens (tertiary/aromatic N) is 1. The lowest BCUT2D eigenvalue weighted by molar-refractivity contribution is -0.143. The van der Waals surface area contributed by atoms with Crippen LogP contribution >= 0.6 is 0 Å². The highest BCUT2D eigenvalue weighted by Gasteiger charge is 2.26. The van der Waals surface area contributed by atoms with E-state index < -0.39 is 11.8 Å². The monoisotopic (exact) mass is 308 g/mol. The molecule has 0 saturated carbocycles. The van der Waals surface area contributed by atoms with E-state index in [-0.39, 0.29) is 0 Å². The van der Waals surface area contributed by atoms with E-state index in [2.05, 4.69) is 11.4 Å². The molecule has 2 aromatic carbocycles. The van der Waals surface area contributed by atoms with Crippen LogP contribution in [0.25, 0.3) is 0 Å². The molecule has 2 aromatic rings. The SMILES string of the molecule is Cc1cccc(C)c1NC(=O)C(=O)N1CCc2ccccc2C1. The van der Waals surface area contributed by atoms with Gasteiger partial charge in [-0.3, -0.25) is 9.59 Å². The van der Waals surface area contributed by atoms with Crippen LogP contribution in [0.1, 0.15) is 22.3 Å². The van der Waals surface area contributed by atoms with Gasteiger partial charge in [-0.15, -0.1) is 0 Å². The van der Waals surface area contributed by atoms with E-state index in [1.54, 1.807) is 4.90 Å². The smallest absolute Gasteiger partial charge is 0.313 e. The van der Waals surface area contributed by atoms with E-state index in [1.165, 1.54) is 5.56 Å².